The Kier molecular flexibility index (Phi) is 2.28. The maximum absolute atomic E-state index is 6.05. The molecule has 0 radical (unpaired) electrons. The van der Waals surface area contributed by atoms with Gasteiger partial charge >= 0.3 is 0 Å². The van der Waals surface area contributed by atoms with Gasteiger partial charge in [0.1, 0.15) is 0 Å². The largest absolute Gasteiger partial charge is 0.320 e. The lowest BCUT2D eigenvalue weighted by molar-refractivity contribution is 0.765. The highest BCUT2D eigenvalue weighted by Gasteiger charge is 2.09. The average molecular weight is 188 g/mol. The molecule has 4 heteroatoms. The number of hydrogen-bond donors (Lipinski definition) is 1. The van der Waals surface area contributed by atoms with Crippen LogP contribution in [0.5, 0.6) is 0 Å². The molecule has 2 heterocycles. The summed E-state index contributed by atoms with van der Waals surface area (Å²) in [5, 5.41) is 4.08. The minimum absolute atomic E-state index is 0.119. The fraction of sp³-hybridized carbons (Fsp3) is 0.200. The summed E-state index contributed by atoms with van der Waals surface area (Å²) in [6.07, 6.45) is 7.19. The van der Waals surface area contributed by atoms with E-state index in [1.54, 1.807) is 23.3 Å². The fourth-order valence-corrected chi connectivity index (χ4v) is 1.36. The van der Waals surface area contributed by atoms with Crippen molar-refractivity contribution in [1.29, 1.82) is 0 Å². The van der Waals surface area contributed by atoms with Crippen molar-refractivity contribution >= 4 is 0 Å². The molecule has 0 aliphatic rings. The molecular formula is C10H12N4. The van der Waals surface area contributed by atoms with E-state index in [9.17, 15) is 0 Å². The first-order valence-corrected chi connectivity index (χ1v) is 4.41. The Labute approximate surface area is 82.4 Å². The van der Waals surface area contributed by atoms with Gasteiger partial charge in [-0.2, -0.15) is 5.10 Å². The molecule has 0 amide bonds. The van der Waals surface area contributed by atoms with Crippen LogP contribution in [-0.2, 0) is 7.05 Å². The lowest BCUT2D eigenvalue weighted by atomic mass is 10.0. The molecule has 2 aromatic heterocycles. The van der Waals surface area contributed by atoms with Gasteiger partial charge in [0, 0.05) is 31.2 Å². The Balaban J connectivity index is 2.29. The zero-order chi connectivity index (χ0) is 9.97. The van der Waals surface area contributed by atoms with Crippen LogP contribution in [0.2, 0.25) is 0 Å². The third-order valence-electron chi connectivity index (χ3n) is 2.15. The van der Waals surface area contributed by atoms with Crippen molar-refractivity contribution < 1.29 is 0 Å². The number of aromatic nitrogens is 3. The Morgan fingerprint density at radius 3 is 2.57 bits per heavy atom. The number of aryl methyl sites for hydroxylation is 1. The van der Waals surface area contributed by atoms with Crippen LogP contribution in [0.25, 0.3) is 0 Å². The van der Waals surface area contributed by atoms with E-state index in [1.165, 1.54) is 0 Å². The second-order valence-electron chi connectivity index (χ2n) is 3.21. The van der Waals surface area contributed by atoms with Crippen molar-refractivity contribution in [2.24, 2.45) is 12.8 Å². The molecule has 0 bridgehead atoms. The van der Waals surface area contributed by atoms with E-state index >= 15 is 0 Å². The van der Waals surface area contributed by atoms with Gasteiger partial charge in [0.25, 0.3) is 0 Å². The molecule has 14 heavy (non-hydrogen) atoms. The van der Waals surface area contributed by atoms with E-state index in [0.29, 0.717) is 0 Å². The molecule has 0 spiro atoms. The highest BCUT2D eigenvalue weighted by molar-refractivity contribution is 5.26. The van der Waals surface area contributed by atoms with E-state index in [2.05, 4.69) is 10.1 Å². The number of pyridine rings is 1. The summed E-state index contributed by atoms with van der Waals surface area (Å²) in [5.41, 5.74) is 8.11. The van der Waals surface area contributed by atoms with Gasteiger partial charge in [-0.1, -0.05) is 0 Å². The van der Waals surface area contributed by atoms with Gasteiger partial charge in [0.05, 0.1) is 12.2 Å². The van der Waals surface area contributed by atoms with Crippen molar-refractivity contribution in [3.63, 3.8) is 0 Å². The third kappa shape index (κ3) is 1.65. The van der Waals surface area contributed by atoms with Crippen molar-refractivity contribution in [2.75, 3.05) is 0 Å². The molecule has 0 fully saturated rings. The monoisotopic (exact) mass is 188 g/mol. The second kappa shape index (κ2) is 3.59. The number of rotatable bonds is 2. The first-order valence-electron chi connectivity index (χ1n) is 4.41. The zero-order valence-corrected chi connectivity index (χ0v) is 7.96. The lowest BCUT2D eigenvalue weighted by Crippen LogP contribution is -2.10. The van der Waals surface area contributed by atoms with Gasteiger partial charge in [-0.05, 0) is 17.7 Å². The van der Waals surface area contributed by atoms with Gasteiger partial charge in [0.2, 0.25) is 0 Å². The van der Waals surface area contributed by atoms with Gasteiger partial charge in [-0.15, -0.1) is 0 Å². The molecule has 0 aliphatic heterocycles. The summed E-state index contributed by atoms with van der Waals surface area (Å²) in [6.45, 7) is 0. The molecule has 4 nitrogen and oxygen atoms in total. The Bertz CT molecular complexity index is 407. The summed E-state index contributed by atoms with van der Waals surface area (Å²) in [7, 11) is 1.88. The highest BCUT2D eigenvalue weighted by atomic mass is 15.2. The van der Waals surface area contributed by atoms with Crippen LogP contribution >= 0.6 is 0 Å². The van der Waals surface area contributed by atoms with Crippen LogP contribution < -0.4 is 5.73 Å². The molecule has 0 aromatic carbocycles. The second-order valence-corrected chi connectivity index (χ2v) is 3.21. The molecule has 1 atom stereocenters. The van der Waals surface area contributed by atoms with Crippen molar-refractivity contribution in [3.05, 3.63) is 48.0 Å². The van der Waals surface area contributed by atoms with E-state index in [-0.39, 0.29) is 6.04 Å². The quantitative estimate of drug-likeness (QED) is 0.760. The van der Waals surface area contributed by atoms with Gasteiger partial charge in [-0.25, -0.2) is 0 Å². The smallest absolute Gasteiger partial charge is 0.0583 e. The minimum Gasteiger partial charge on any atom is -0.320 e. The summed E-state index contributed by atoms with van der Waals surface area (Å²) in [5.74, 6) is 0. The van der Waals surface area contributed by atoms with Crippen molar-refractivity contribution in [1.82, 2.24) is 14.8 Å². The van der Waals surface area contributed by atoms with E-state index in [4.69, 9.17) is 5.73 Å². The zero-order valence-electron chi connectivity index (χ0n) is 7.96. The molecule has 0 saturated heterocycles. The fourth-order valence-electron chi connectivity index (χ4n) is 1.36. The van der Waals surface area contributed by atoms with E-state index in [0.717, 1.165) is 11.1 Å². The molecule has 0 saturated carbocycles. The standard InChI is InChI=1S/C10H12N4/c1-14-7-9(6-13-14)10(11)8-2-4-12-5-3-8/h2-7,10H,11H2,1H3. The van der Waals surface area contributed by atoms with Crippen LogP contribution in [-0.4, -0.2) is 14.8 Å². The topological polar surface area (TPSA) is 56.7 Å². The van der Waals surface area contributed by atoms with Gasteiger partial charge < -0.3 is 5.73 Å². The maximum Gasteiger partial charge on any atom is 0.0583 e. The number of hydrogen-bond acceptors (Lipinski definition) is 3. The summed E-state index contributed by atoms with van der Waals surface area (Å²) >= 11 is 0. The SMILES string of the molecule is Cn1cc(C(N)c2ccncc2)cn1. The number of nitrogens with two attached hydrogens (primary N) is 1. The third-order valence-corrected chi connectivity index (χ3v) is 2.15. The molecule has 72 valence electrons. The van der Waals surface area contributed by atoms with Crippen LogP contribution in [0.1, 0.15) is 17.2 Å². The van der Waals surface area contributed by atoms with Crippen molar-refractivity contribution in [3.8, 4) is 0 Å². The van der Waals surface area contributed by atoms with Crippen LogP contribution in [0.3, 0.4) is 0 Å². The lowest BCUT2D eigenvalue weighted by Gasteiger charge is -2.08. The molecule has 1 unspecified atom stereocenters. The average Bonchev–Trinajstić information content (AvgIpc) is 2.65. The number of nitrogens with zero attached hydrogens (tertiary/aromatic N) is 3. The van der Waals surface area contributed by atoms with E-state index in [1.807, 2.05) is 25.4 Å². The first-order chi connectivity index (χ1) is 6.77. The Morgan fingerprint density at radius 1 is 1.29 bits per heavy atom. The van der Waals surface area contributed by atoms with E-state index < -0.39 is 0 Å². The van der Waals surface area contributed by atoms with Crippen LogP contribution in [0.15, 0.2) is 36.9 Å². The van der Waals surface area contributed by atoms with Crippen LogP contribution in [0.4, 0.5) is 0 Å². The first kappa shape index (κ1) is 8.90. The Hall–Kier alpha value is -1.68. The normalized spacial score (nSPS) is 12.7. The molecule has 2 N–H and O–H groups in total. The summed E-state index contributed by atoms with van der Waals surface area (Å²) in [6, 6.07) is 3.71. The molecular weight excluding hydrogens is 176 g/mol. The van der Waals surface area contributed by atoms with Crippen LogP contribution in [0, 0.1) is 0 Å². The highest BCUT2D eigenvalue weighted by Crippen LogP contribution is 2.17. The molecule has 0 aliphatic carbocycles. The predicted octanol–water partition coefficient (Wildman–Crippen LogP) is 0.863. The van der Waals surface area contributed by atoms with Gasteiger partial charge in [0.15, 0.2) is 0 Å². The summed E-state index contributed by atoms with van der Waals surface area (Å²) in [4.78, 5) is 3.95. The van der Waals surface area contributed by atoms with Crippen molar-refractivity contribution in [2.45, 2.75) is 6.04 Å². The summed E-state index contributed by atoms with van der Waals surface area (Å²) < 4.78 is 1.75. The Morgan fingerprint density at radius 2 is 2.00 bits per heavy atom. The maximum atomic E-state index is 6.05. The molecule has 2 aromatic rings. The predicted molar refractivity (Wildman–Crippen MR) is 53.5 cm³/mol. The van der Waals surface area contributed by atoms with Gasteiger partial charge in [-0.3, -0.25) is 9.67 Å². The minimum atomic E-state index is -0.119. The molecule has 2 rings (SSSR count).